The van der Waals surface area contributed by atoms with Gasteiger partial charge in [0.2, 0.25) is 0 Å². The molecule has 0 fully saturated rings. The molecule has 0 spiro atoms. The molecule has 0 saturated carbocycles. The third-order valence-corrected chi connectivity index (χ3v) is 5.48. The summed E-state index contributed by atoms with van der Waals surface area (Å²) in [6.45, 7) is 0. The van der Waals surface area contributed by atoms with Crippen molar-refractivity contribution in [3.8, 4) is 11.4 Å². The first-order valence-corrected chi connectivity index (χ1v) is 9.21. The summed E-state index contributed by atoms with van der Waals surface area (Å²) < 4.78 is 8.39. The normalized spacial score (nSPS) is 11.0. The van der Waals surface area contributed by atoms with Gasteiger partial charge in [-0.1, -0.05) is 35.2 Å². The number of benzene rings is 2. The number of nitrogens with zero attached hydrogens (tertiary/aromatic N) is 4. The van der Waals surface area contributed by atoms with Gasteiger partial charge in [0.15, 0.2) is 4.34 Å². The summed E-state index contributed by atoms with van der Waals surface area (Å²) in [7, 11) is 1.67. The van der Waals surface area contributed by atoms with E-state index in [0.717, 1.165) is 38.4 Å². The Hall–Kier alpha value is -2.38. The van der Waals surface area contributed by atoms with Crippen molar-refractivity contribution in [2.45, 2.75) is 10.1 Å². The Kier molecular flexibility index (Phi) is 4.18. The molecule has 0 radical (unpaired) electrons. The quantitative estimate of drug-likeness (QED) is 0.503. The molecule has 0 N–H and O–H groups in total. The lowest BCUT2D eigenvalue weighted by molar-refractivity contribution is 0.414. The Labute approximate surface area is 147 Å². The molecule has 0 amide bonds. The lowest BCUT2D eigenvalue weighted by atomic mass is 10.2. The van der Waals surface area contributed by atoms with Crippen molar-refractivity contribution in [2.75, 3.05) is 7.11 Å². The van der Waals surface area contributed by atoms with Crippen molar-refractivity contribution in [3.05, 3.63) is 59.9 Å². The van der Waals surface area contributed by atoms with E-state index in [1.165, 1.54) is 0 Å². The Morgan fingerprint density at radius 3 is 2.71 bits per heavy atom. The van der Waals surface area contributed by atoms with Gasteiger partial charge in [-0.3, -0.25) is 4.57 Å². The molecule has 0 saturated heterocycles. The summed E-state index contributed by atoms with van der Waals surface area (Å²) in [6.07, 6.45) is 0. The second kappa shape index (κ2) is 6.62. The maximum atomic E-state index is 5.26. The summed E-state index contributed by atoms with van der Waals surface area (Å²) in [4.78, 5) is 4.80. The van der Waals surface area contributed by atoms with Crippen molar-refractivity contribution < 1.29 is 4.74 Å². The van der Waals surface area contributed by atoms with Crippen molar-refractivity contribution >= 4 is 34.1 Å². The average molecular weight is 354 g/mol. The van der Waals surface area contributed by atoms with Crippen LogP contribution in [0, 0.1) is 0 Å². The zero-order chi connectivity index (χ0) is 16.4. The largest absolute Gasteiger partial charge is 0.497 e. The molecule has 24 heavy (non-hydrogen) atoms. The van der Waals surface area contributed by atoms with E-state index in [1.54, 1.807) is 35.7 Å². The molecule has 5 nitrogen and oxygen atoms in total. The van der Waals surface area contributed by atoms with E-state index in [4.69, 9.17) is 9.72 Å². The summed E-state index contributed by atoms with van der Waals surface area (Å²) in [5.41, 5.74) is 4.89. The van der Waals surface area contributed by atoms with Crippen molar-refractivity contribution in [1.82, 2.24) is 19.7 Å². The van der Waals surface area contributed by atoms with E-state index in [9.17, 15) is 0 Å². The molecule has 4 rings (SSSR count). The van der Waals surface area contributed by atoms with Crippen LogP contribution in [0.2, 0.25) is 0 Å². The van der Waals surface area contributed by atoms with Crippen molar-refractivity contribution in [1.29, 1.82) is 0 Å². The number of hydrogen-bond acceptors (Lipinski definition) is 6. The van der Waals surface area contributed by atoms with Gasteiger partial charge in [0.1, 0.15) is 17.1 Å². The highest BCUT2D eigenvalue weighted by molar-refractivity contribution is 8.00. The minimum Gasteiger partial charge on any atom is -0.497 e. The number of imidazole rings is 1. The molecule has 2 aromatic heterocycles. The Morgan fingerprint density at radius 2 is 1.96 bits per heavy atom. The van der Waals surface area contributed by atoms with Gasteiger partial charge in [0.05, 0.1) is 23.9 Å². The number of rotatable bonds is 5. The highest BCUT2D eigenvalue weighted by Crippen LogP contribution is 2.28. The number of methoxy groups -OCH3 is 1. The standard InChI is InChI=1S/C17H14N4OS2/c1-22-13-8-6-12(7-9-13)21-15-5-3-2-4-14(15)19-16(21)10-23-17-20-18-11-24-17/h2-9,11H,10H2,1H3. The molecule has 0 aliphatic heterocycles. The Morgan fingerprint density at radius 1 is 1.12 bits per heavy atom. The molecule has 0 unspecified atom stereocenters. The summed E-state index contributed by atoms with van der Waals surface area (Å²) in [5.74, 6) is 2.56. The SMILES string of the molecule is COc1ccc(-n2c(CSc3nncs3)nc3ccccc32)cc1. The van der Waals surface area contributed by atoms with E-state index in [-0.39, 0.29) is 0 Å². The predicted octanol–water partition coefficient (Wildman–Crippen LogP) is 4.18. The fourth-order valence-corrected chi connectivity index (χ4v) is 3.95. The summed E-state index contributed by atoms with van der Waals surface area (Å²) in [5, 5.41) is 7.97. The van der Waals surface area contributed by atoms with Crippen molar-refractivity contribution in [2.24, 2.45) is 0 Å². The first kappa shape index (κ1) is 15.2. The Bertz CT molecular complexity index is 949. The number of fused-ring (bicyclic) bond motifs is 1. The maximum Gasteiger partial charge on any atom is 0.174 e. The zero-order valence-corrected chi connectivity index (χ0v) is 14.5. The highest BCUT2D eigenvalue weighted by atomic mass is 32.2. The number of aromatic nitrogens is 4. The van der Waals surface area contributed by atoms with E-state index in [0.29, 0.717) is 0 Å². The molecular formula is C17H14N4OS2. The fourth-order valence-electron chi connectivity index (χ4n) is 2.54. The lowest BCUT2D eigenvalue weighted by Crippen LogP contribution is -2.00. The fraction of sp³-hybridized carbons (Fsp3) is 0.118. The molecule has 0 aliphatic rings. The van der Waals surface area contributed by atoms with Crippen LogP contribution in [0.25, 0.3) is 16.7 Å². The molecule has 120 valence electrons. The molecule has 0 bridgehead atoms. The van der Waals surface area contributed by atoms with Crippen molar-refractivity contribution in [3.63, 3.8) is 0 Å². The number of thioether (sulfide) groups is 1. The van der Waals surface area contributed by atoms with Gasteiger partial charge in [-0.25, -0.2) is 4.98 Å². The molecule has 7 heteroatoms. The monoisotopic (exact) mass is 354 g/mol. The molecule has 2 heterocycles. The average Bonchev–Trinajstić information content (AvgIpc) is 3.27. The van der Waals surface area contributed by atoms with Crippen LogP contribution in [0.1, 0.15) is 5.82 Å². The molecule has 0 atom stereocenters. The van der Waals surface area contributed by atoms with Crippen LogP contribution in [-0.2, 0) is 5.75 Å². The van der Waals surface area contributed by atoms with Gasteiger partial charge in [0.25, 0.3) is 0 Å². The molecular weight excluding hydrogens is 340 g/mol. The highest BCUT2D eigenvalue weighted by Gasteiger charge is 2.13. The molecule has 0 aliphatic carbocycles. The van der Waals surface area contributed by atoms with Gasteiger partial charge >= 0.3 is 0 Å². The lowest BCUT2D eigenvalue weighted by Gasteiger charge is -2.09. The van der Waals surface area contributed by atoms with Crippen LogP contribution in [-0.4, -0.2) is 26.9 Å². The topological polar surface area (TPSA) is 52.8 Å². The smallest absolute Gasteiger partial charge is 0.174 e. The van der Waals surface area contributed by atoms with E-state index in [1.807, 2.05) is 42.5 Å². The second-order valence-corrected chi connectivity index (χ2v) is 7.10. The minimum atomic E-state index is 0.732. The van der Waals surface area contributed by atoms with Crippen LogP contribution in [0.15, 0.2) is 58.4 Å². The van der Waals surface area contributed by atoms with Gasteiger partial charge in [-0.05, 0) is 36.4 Å². The molecule has 4 aromatic rings. The van der Waals surface area contributed by atoms with Crippen LogP contribution < -0.4 is 4.74 Å². The summed E-state index contributed by atoms with van der Waals surface area (Å²) >= 11 is 3.19. The number of ether oxygens (including phenoxy) is 1. The van der Waals surface area contributed by atoms with E-state index < -0.39 is 0 Å². The van der Waals surface area contributed by atoms with Crippen LogP contribution in [0.4, 0.5) is 0 Å². The second-order valence-electron chi connectivity index (χ2n) is 5.04. The predicted molar refractivity (Wildman–Crippen MR) is 97.1 cm³/mol. The van der Waals surface area contributed by atoms with E-state index >= 15 is 0 Å². The van der Waals surface area contributed by atoms with E-state index in [2.05, 4.69) is 20.8 Å². The minimum absolute atomic E-state index is 0.732. The summed E-state index contributed by atoms with van der Waals surface area (Å²) in [6, 6.07) is 16.2. The van der Waals surface area contributed by atoms with Crippen LogP contribution in [0.5, 0.6) is 5.75 Å². The number of para-hydroxylation sites is 2. The first-order chi connectivity index (χ1) is 11.8. The van der Waals surface area contributed by atoms with Gasteiger partial charge in [-0.15, -0.1) is 10.2 Å². The van der Waals surface area contributed by atoms with Gasteiger partial charge in [-0.2, -0.15) is 0 Å². The van der Waals surface area contributed by atoms with Crippen LogP contribution >= 0.6 is 23.1 Å². The maximum absolute atomic E-state index is 5.26. The zero-order valence-electron chi connectivity index (χ0n) is 12.9. The van der Waals surface area contributed by atoms with Gasteiger partial charge < -0.3 is 4.74 Å². The number of hydrogen-bond donors (Lipinski definition) is 0. The van der Waals surface area contributed by atoms with Gasteiger partial charge in [0, 0.05) is 5.69 Å². The molecule has 2 aromatic carbocycles. The van der Waals surface area contributed by atoms with Crippen LogP contribution in [0.3, 0.4) is 0 Å². The first-order valence-electron chi connectivity index (χ1n) is 7.35. The Balaban J connectivity index is 1.77. The third kappa shape index (κ3) is 2.88. The third-order valence-electron chi connectivity index (χ3n) is 3.63.